The summed E-state index contributed by atoms with van der Waals surface area (Å²) in [5.74, 6) is 0.281. The number of hydrogen-bond donors (Lipinski definition) is 0. The molecular formula is C18H17FO. The fraction of sp³-hybridized carbons (Fsp3) is 0.278. The van der Waals surface area contributed by atoms with Crippen molar-refractivity contribution in [1.29, 1.82) is 0 Å². The largest absolute Gasteiger partial charge is 0.289 e. The van der Waals surface area contributed by atoms with Crippen LogP contribution in [0.25, 0.3) is 0 Å². The summed E-state index contributed by atoms with van der Waals surface area (Å²) >= 11 is 0. The van der Waals surface area contributed by atoms with E-state index in [1.165, 1.54) is 37.0 Å². The third kappa shape index (κ3) is 2.38. The maximum atomic E-state index is 13.1. The van der Waals surface area contributed by atoms with Crippen LogP contribution in [-0.4, -0.2) is 5.78 Å². The molecule has 0 radical (unpaired) electrons. The third-order valence-electron chi connectivity index (χ3n) is 4.16. The van der Waals surface area contributed by atoms with E-state index in [0.29, 0.717) is 22.6 Å². The Morgan fingerprint density at radius 2 is 1.95 bits per heavy atom. The van der Waals surface area contributed by atoms with Gasteiger partial charge in [-0.05, 0) is 61.1 Å². The van der Waals surface area contributed by atoms with Crippen LogP contribution >= 0.6 is 0 Å². The normalized spacial score (nSPS) is 14.9. The fourth-order valence-electron chi connectivity index (χ4n) is 2.71. The van der Waals surface area contributed by atoms with Gasteiger partial charge in [0.05, 0.1) is 0 Å². The maximum absolute atomic E-state index is 13.1. The molecule has 20 heavy (non-hydrogen) atoms. The second-order valence-electron chi connectivity index (χ2n) is 5.54. The Hall–Kier alpha value is -1.96. The molecule has 1 aliphatic rings. The highest BCUT2D eigenvalue weighted by atomic mass is 19.1. The number of carbonyl (C=O) groups excluding carboxylic acids is 1. The van der Waals surface area contributed by atoms with E-state index < -0.39 is 0 Å². The van der Waals surface area contributed by atoms with Gasteiger partial charge >= 0.3 is 0 Å². The van der Waals surface area contributed by atoms with Crippen molar-refractivity contribution in [3.8, 4) is 0 Å². The van der Waals surface area contributed by atoms with Crippen LogP contribution in [0.1, 0.15) is 52.2 Å². The number of carbonyl (C=O) groups is 1. The Bertz CT molecular complexity index is 656. The van der Waals surface area contributed by atoms with E-state index in [-0.39, 0.29) is 11.6 Å². The minimum atomic E-state index is -0.303. The van der Waals surface area contributed by atoms with Crippen LogP contribution < -0.4 is 0 Å². The molecule has 0 spiro atoms. The van der Waals surface area contributed by atoms with Gasteiger partial charge in [-0.15, -0.1) is 0 Å². The Labute approximate surface area is 118 Å². The lowest BCUT2D eigenvalue weighted by molar-refractivity contribution is 0.103. The molecule has 1 nitrogen and oxygen atoms in total. The molecule has 0 bridgehead atoms. The van der Waals surface area contributed by atoms with Crippen molar-refractivity contribution in [1.82, 2.24) is 0 Å². The number of halogens is 1. The first-order valence-electron chi connectivity index (χ1n) is 7.06. The predicted octanol–water partition coefficient (Wildman–Crippen LogP) is 4.63. The van der Waals surface area contributed by atoms with Crippen molar-refractivity contribution in [3.63, 3.8) is 0 Å². The summed E-state index contributed by atoms with van der Waals surface area (Å²) in [6.45, 7) is 1.77. The molecular weight excluding hydrogens is 251 g/mol. The fourth-order valence-corrected chi connectivity index (χ4v) is 2.71. The number of ketones is 1. The molecule has 0 N–H and O–H groups in total. The summed E-state index contributed by atoms with van der Waals surface area (Å²) in [6, 6.07) is 12.2. The van der Waals surface area contributed by atoms with Crippen molar-refractivity contribution in [2.45, 2.75) is 32.1 Å². The van der Waals surface area contributed by atoms with Crippen LogP contribution in [0.4, 0.5) is 4.39 Å². The first-order chi connectivity index (χ1) is 9.65. The van der Waals surface area contributed by atoms with Gasteiger partial charge < -0.3 is 0 Å². The smallest absolute Gasteiger partial charge is 0.193 e. The molecule has 3 rings (SSSR count). The van der Waals surface area contributed by atoms with Crippen LogP contribution in [-0.2, 0) is 0 Å². The lowest BCUT2D eigenvalue weighted by atomic mass is 9.79. The number of benzene rings is 2. The summed E-state index contributed by atoms with van der Waals surface area (Å²) in [5, 5.41) is 0. The summed E-state index contributed by atoms with van der Waals surface area (Å²) in [5.41, 5.74) is 3.21. The molecule has 102 valence electrons. The Kier molecular flexibility index (Phi) is 3.39. The van der Waals surface area contributed by atoms with Crippen molar-refractivity contribution in [2.75, 3.05) is 0 Å². The Morgan fingerprint density at radius 1 is 1.15 bits per heavy atom. The molecule has 0 aliphatic heterocycles. The molecule has 2 heteroatoms. The van der Waals surface area contributed by atoms with E-state index in [1.54, 1.807) is 13.0 Å². The van der Waals surface area contributed by atoms with Crippen LogP contribution in [0.15, 0.2) is 42.5 Å². The number of rotatable bonds is 3. The topological polar surface area (TPSA) is 17.1 Å². The van der Waals surface area contributed by atoms with Crippen LogP contribution in [0.5, 0.6) is 0 Å². The van der Waals surface area contributed by atoms with E-state index in [0.717, 1.165) is 0 Å². The highest BCUT2D eigenvalue weighted by molar-refractivity contribution is 6.09. The molecule has 1 saturated carbocycles. The van der Waals surface area contributed by atoms with E-state index >= 15 is 0 Å². The first-order valence-corrected chi connectivity index (χ1v) is 7.06. The molecule has 0 amide bonds. The monoisotopic (exact) mass is 268 g/mol. The third-order valence-corrected chi connectivity index (χ3v) is 4.16. The van der Waals surface area contributed by atoms with Crippen molar-refractivity contribution in [2.24, 2.45) is 0 Å². The minimum Gasteiger partial charge on any atom is -0.289 e. The quantitative estimate of drug-likeness (QED) is 0.741. The average Bonchev–Trinajstić information content (AvgIpc) is 2.36. The minimum absolute atomic E-state index is 0.0244. The van der Waals surface area contributed by atoms with Gasteiger partial charge in [-0.25, -0.2) is 4.39 Å². The predicted molar refractivity (Wildman–Crippen MR) is 77.6 cm³/mol. The molecule has 1 fully saturated rings. The Balaban J connectivity index is 1.93. The van der Waals surface area contributed by atoms with E-state index in [9.17, 15) is 9.18 Å². The SMILES string of the molecule is Cc1cc(F)ccc1C(=O)c1cccc(C2CCC2)c1. The first kappa shape index (κ1) is 13.0. The molecule has 0 aromatic heterocycles. The summed E-state index contributed by atoms with van der Waals surface area (Å²) in [4.78, 5) is 12.5. The van der Waals surface area contributed by atoms with Crippen LogP contribution in [0.2, 0.25) is 0 Å². The van der Waals surface area contributed by atoms with Crippen molar-refractivity contribution >= 4 is 5.78 Å². The van der Waals surface area contributed by atoms with E-state index in [1.807, 2.05) is 18.2 Å². The summed E-state index contributed by atoms with van der Waals surface area (Å²) in [6.07, 6.45) is 3.71. The van der Waals surface area contributed by atoms with Crippen molar-refractivity contribution < 1.29 is 9.18 Å². The number of aryl methyl sites for hydroxylation is 1. The zero-order valence-electron chi connectivity index (χ0n) is 11.5. The highest BCUT2D eigenvalue weighted by Crippen LogP contribution is 2.36. The molecule has 0 heterocycles. The zero-order chi connectivity index (χ0) is 14.1. The molecule has 0 atom stereocenters. The van der Waals surface area contributed by atoms with Gasteiger partial charge in [-0.2, -0.15) is 0 Å². The van der Waals surface area contributed by atoms with Crippen LogP contribution in [0.3, 0.4) is 0 Å². The average molecular weight is 268 g/mol. The molecule has 2 aromatic carbocycles. The zero-order valence-corrected chi connectivity index (χ0v) is 11.5. The van der Waals surface area contributed by atoms with Gasteiger partial charge in [0.1, 0.15) is 5.82 Å². The van der Waals surface area contributed by atoms with E-state index in [4.69, 9.17) is 0 Å². The Morgan fingerprint density at radius 3 is 2.60 bits per heavy atom. The van der Waals surface area contributed by atoms with Gasteiger partial charge in [-0.3, -0.25) is 4.79 Å². The second kappa shape index (κ2) is 5.20. The number of hydrogen-bond acceptors (Lipinski definition) is 1. The van der Waals surface area contributed by atoms with Gasteiger partial charge in [-0.1, -0.05) is 24.6 Å². The summed E-state index contributed by atoms with van der Waals surface area (Å²) in [7, 11) is 0. The van der Waals surface area contributed by atoms with Gasteiger partial charge in [0, 0.05) is 11.1 Å². The van der Waals surface area contributed by atoms with Crippen molar-refractivity contribution in [3.05, 3.63) is 70.5 Å². The molecule has 2 aromatic rings. The van der Waals surface area contributed by atoms with Gasteiger partial charge in [0.2, 0.25) is 0 Å². The lowest BCUT2D eigenvalue weighted by Gasteiger charge is -2.26. The second-order valence-corrected chi connectivity index (χ2v) is 5.54. The van der Waals surface area contributed by atoms with Gasteiger partial charge in [0.15, 0.2) is 5.78 Å². The van der Waals surface area contributed by atoms with Gasteiger partial charge in [0.25, 0.3) is 0 Å². The maximum Gasteiger partial charge on any atom is 0.193 e. The summed E-state index contributed by atoms with van der Waals surface area (Å²) < 4.78 is 13.1. The van der Waals surface area contributed by atoms with Crippen LogP contribution in [0, 0.1) is 12.7 Å². The molecule has 1 aliphatic carbocycles. The molecule has 0 unspecified atom stereocenters. The highest BCUT2D eigenvalue weighted by Gasteiger charge is 2.20. The van der Waals surface area contributed by atoms with E-state index in [2.05, 4.69) is 6.07 Å². The molecule has 0 saturated heterocycles. The lowest BCUT2D eigenvalue weighted by Crippen LogP contribution is -2.10. The standard InChI is InChI=1S/C18H17FO/c1-12-10-16(19)8-9-17(12)18(20)15-7-3-6-14(11-15)13-4-2-5-13/h3,6-11,13H,2,4-5H2,1H3.